The topological polar surface area (TPSA) is 26.3 Å². The third kappa shape index (κ3) is 11.0. The SMILES string of the molecule is C=C(CC/C=C(\C)CCC=C(C)C)C(Br)COC(C)=O. The number of alkyl halides is 1. The molecule has 0 N–H and O–H groups in total. The summed E-state index contributed by atoms with van der Waals surface area (Å²) in [6, 6.07) is 0. The molecule has 0 aliphatic carbocycles. The van der Waals surface area contributed by atoms with Gasteiger partial charge in [-0.25, -0.2) is 0 Å². The van der Waals surface area contributed by atoms with E-state index in [-0.39, 0.29) is 10.8 Å². The van der Waals surface area contributed by atoms with Gasteiger partial charge in [0.15, 0.2) is 0 Å². The summed E-state index contributed by atoms with van der Waals surface area (Å²) in [6.07, 6.45) is 8.67. The summed E-state index contributed by atoms with van der Waals surface area (Å²) in [7, 11) is 0. The van der Waals surface area contributed by atoms with E-state index in [1.807, 2.05) is 0 Å². The molecule has 0 aliphatic rings. The molecule has 2 nitrogen and oxygen atoms in total. The van der Waals surface area contributed by atoms with Gasteiger partial charge in [-0.2, -0.15) is 0 Å². The van der Waals surface area contributed by atoms with Crippen molar-refractivity contribution < 1.29 is 9.53 Å². The Bertz CT molecular complexity index is 376. The summed E-state index contributed by atoms with van der Waals surface area (Å²) in [4.78, 5) is 10.8. The average Bonchev–Trinajstić information content (AvgIpc) is 2.35. The average molecular weight is 343 g/mol. The van der Waals surface area contributed by atoms with E-state index in [0.29, 0.717) is 6.61 Å². The van der Waals surface area contributed by atoms with E-state index >= 15 is 0 Å². The van der Waals surface area contributed by atoms with E-state index < -0.39 is 0 Å². The van der Waals surface area contributed by atoms with Crippen molar-refractivity contribution in [2.24, 2.45) is 0 Å². The minimum absolute atomic E-state index is 0.0470. The van der Waals surface area contributed by atoms with Gasteiger partial charge in [-0.1, -0.05) is 51.4 Å². The molecular weight excluding hydrogens is 316 g/mol. The quantitative estimate of drug-likeness (QED) is 0.321. The van der Waals surface area contributed by atoms with Crippen LogP contribution in [0.15, 0.2) is 35.5 Å². The third-order valence-electron chi connectivity index (χ3n) is 2.93. The van der Waals surface area contributed by atoms with Gasteiger partial charge in [0.2, 0.25) is 0 Å². The second kappa shape index (κ2) is 10.9. The van der Waals surface area contributed by atoms with Crippen molar-refractivity contribution in [2.75, 3.05) is 6.61 Å². The maximum atomic E-state index is 10.7. The molecule has 0 aliphatic heterocycles. The highest BCUT2D eigenvalue weighted by atomic mass is 79.9. The highest BCUT2D eigenvalue weighted by Crippen LogP contribution is 2.18. The van der Waals surface area contributed by atoms with Crippen LogP contribution in [0, 0.1) is 0 Å². The smallest absolute Gasteiger partial charge is 0.302 e. The first-order chi connectivity index (χ1) is 9.32. The Hall–Kier alpha value is -0.830. The number of carbonyl (C=O) groups excluding carboxylic acids is 1. The second-order valence-corrected chi connectivity index (χ2v) is 6.44. The van der Waals surface area contributed by atoms with E-state index in [2.05, 4.69) is 55.4 Å². The fourth-order valence-corrected chi connectivity index (χ4v) is 2.02. The number of halogens is 1. The lowest BCUT2D eigenvalue weighted by Crippen LogP contribution is -2.13. The minimum atomic E-state index is -0.253. The molecule has 0 heterocycles. The number of carbonyl (C=O) groups is 1. The van der Waals surface area contributed by atoms with Crippen molar-refractivity contribution in [3.63, 3.8) is 0 Å². The van der Waals surface area contributed by atoms with Gasteiger partial charge < -0.3 is 4.74 Å². The maximum Gasteiger partial charge on any atom is 0.302 e. The molecule has 0 aromatic carbocycles. The zero-order valence-corrected chi connectivity index (χ0v) is 14.8. The molecule has 1 unspecified atom stereocenters. The fourth-order valence-electron chi connectivity index (χ4n) is 1.66. The van der Waals surface area contributed by atoms with E-state index in [4.69, 9.17) is 4.74 Å². The van der Waals surface area contributed by atoms with Gasteiger partial charge in [0.25, 0.3) is 0 Å². The van der Waals surface area contributed by atoms with E-state index in [1.165, 1.54) is 18.1 Å². The normalized spacial score (nSPS) is 12.8. The zero-order valence-electron chi connectivity index (χ0n) is 13.2. The van der Waals surface area contributed by atoms with Crippen molar-refractivity contribution in [3.8, 4) is 0 Å². The number of allylic oxidation sites excluding steroid dienone is 4. The van der Waals surface area contributed by atoms with E-state index in [1.54, 1.807) is 0 Å². The number of ether oxygens (including phenoxy) is 1. The van der Waals surface area contributed by atoms with Crippen LogP contribution >= 0.6 is 15.9 Å². The molecule has 0 saturated heterocycles. The van der Waals surface area contributed by atoms with Crippen LogP contribution in [0.2, 0.25) is 0 Å². The molecule has 0 rings (SSSR count). The van der Waals surface area contributed by atoms with E-state index in [0.717, 1.165) is 31.3 Å². The van der Waals surface area contributed by atoms with Crippen LogP contribution in [-0.4, -0.2) is 17.4 Å². The molecule has 1 atom stereocenters. The number of hydrogen-bond acceptors (Lipinski definition) is 2. The van der Waals surface area contributed by atoms with Crippen LogP contribution < -0.4 is 0 Å². The Morgan fingerprint density at radius 3 is 2.30 bits per heavy atom. The maximum absolute atomic E-state index is 10.7. The lowest BCUT2D eigenvalue weighted by molar-refractivity contribution is -0.140. The number of esters is 1. The number of rotatable bonds is 9. The summed E-state index contributed by atoms with van der Waals surface area (Å²) < 4.78 is 4.96. The van der Waals surface area contributed by atoms with Gasteiger partial charge in [0.1, 0.15) is 6.61 Å². The van der Waals surface area contributed by atoms with Crippen LogP contribution in [0.1, 0.15) is 53.4 Å². The summed E-state index contributed by atoms with van der Waals surface area (Å²) in [5.41, 5.74) is 3.86. The van der Waals surface area contributed by atoms with Gasteiger partial charge >= 0.3 is 5.97 Å². The van der Waals surface area contributed by atoms with Gasteiger partial charge in [0, 0.05) is 6.92 Å². The Morgan fingerprint density at radius 1 is 1.15 bits per heavy atom. The van der Waals surface area contributed by atoms with Gasteiger partial charge in [0.05, 0.1) is 4.83 Å². The molecule has 0 amide bonds. The van der Waals surface area contributed by atoms with Crippen LogP contribution in [0.25, 0.3) is 0 Å². The molecule has 0 aromatic rings. The van der Waals surface area contributed by atoms with Crippen molar-refractivity contribution in [2.45, 2.75) is 58.2 Å². The standard InChI is InChI=1S/C17H27BrO2/c1-13(2)8-6-9-14(3)10-7-11-15(4)17(18)12-20-16(5)19/h8,10,17H,4,6-7,9,11-12H2,1-3,5H3/b14-10+. The van der Waals surface area contributed by atoms with Crippen LogP contribution in [-0.2, 0) is 9.53 Å². The largest absolute Gasteiger partial charge is 0.464 e. The number of hydrogen-bond donors (Lipinski definition) is 0. The highest BCUT2D eigenvalue weighted by Gasteiger charge is 2.09. The Labute approximate surface area is 132 Å². The second-order valence-electron chi connectivity index (χ2n) is 5.34. The molecule has 0 spiro atoms. The monoisotopic (exact) mass is 342 g/mol. The summed E-state index contributed by atoms with van der Waals surface area (Å²) in [6.45, 7) is 12.2. The van der Waals surface area contributed by atoms with Crippen molar-refractivity contribution in [1.82, 2.24) is 0 Å². The van der Waals surface area contributed by atoms with Gasteiger partial charge in [-0.05, 0) is 46.5 Å². The van der Waals surface area contributed by atoms with Gasteiger partial charge in [-0.3, -0.25) is 4.79 Å². The first-order valence-corrected chi connectivity index (χ1v) is 7.98. The molecule has 0 saturated carbocycles. The fraction of sp³-hybridized carbons (Fsp3) is 0.588. The third-order valence-corrected chi connectivity index (χ3v) is 3.84. The predicted octanol–water partition coefficient (Wildman–Crippen LogP) is 5.34. The van der Waals surface area contributed by atoms with Crippen molar-refractivity contribution >= 4 is 21.9 Å². The lowest BCUT2D eigenvalue weighted by atomic mass is 10.1. The predicted molar refractivity (Wildman–Crippen MR) is 90.1 cm³/mol. The van der Waals surface area contributed by atoms with Crippen LogP contribution in [0.5, 0.6) is 0 Å². The molecule has 20 heavy (non-hydrogen) atoms. The summed E-state index contributed by atoms with van der Waals surface area (Å²) >= 11 is 3.49. The molecule has 3 heteroatoms. The Kier molecular flexibility index (Phi) is 10.4. The van der Waals surface area contributed by atoms with Crippen molar-refractivity contribution in [1.29, 1.82) is 0 Å². The van der Waals surface area contributed by atoms with Gasteiger partial charge in [-0.15, -0.1) is 0 Å². The molecule has 0 radical (unpaired) electrons. The van der Waals surface area contributed by atoms with Crippen LogP contribution in [0.4, 0.5) is 0 Å². The highest BCUT2D eigenvalue weighted by molar-refractivity contribution is 9.09. The Balaban J connectivity index is 3.93. The lowest BCUT2D eigenvalue weighted by Gasteiger charge is -2.12. The molecule has 0 aromatic heterocycles. The van der Waals surface area contributed by atoms with Crippen LogP contribution in [0.3, 0.4) is 0 Å². The molecule has 114 valence electrons. The molecular formula is C17H27BrO2. The Morgan fingerprint density at radius 2 is 1.75 bits per heavy atom. The minimum Gasteiger partial charge on any atom is -0.464 e. The van der Waals surface area contributed by atoms with E-state index in [9.17, 15) is 4.79 Å². The first kappa shape index (κ1) is 19.2. The molecule has 0 fully saturated rings. The van der Waals surface area contributed by atoms with Crippen molar-refractivity contribution in [3.05, 3.63) is 35.5 Å². The summed E-state index contributed by atoms with van der Waals surface area (Å²) in [5.74, 6) is -0.253. The zero-order chi connectivity index (χ0) is 15.5. The first-order valence-electron chi connectivity index (χ1n) is 7.07. The molecule has 0 bridgehead atoms. The summed E-state index contributed by atoms with van der Waals surface area (Å²) in [5, 5.41) is 0.